The number of methoxy groups -OCH3 is 1. The Morgan fingerprint density at radius 3 is 2.54 bits per heavy atom. The summed E-state index contributed by atoms with van der Waals surface area (Å²) in [5.41, 5.74) is 0.975. The fourth-order valence-corrected chi connectivity index (χ4v) is 3.23. The van der Waals surface area contributed by atoms with Crippen molar-refractivity contribution in [2.24, 2.45) is 0 Å². The van der Waals surface area contributed by atoms with E-state index >= 15 is 0 Å². The van der Waals surface area contributed by atoms with Gasteiger partial charge in [0, 0.05) is 0 Å². The Kier molecular flexibility index (Phi) is 5.96. The summed E-state index contributed by atoms with van der Waals surface area (Å²) in [5.74, 6) is -0.353. The number of benzene rings is 2. The second-order valence-electron chi connectivity index (χ2n) is 6.43. The highest BCUT2D eigenvalue weighted by atomic mass is 35.5. The second-order valence-corrected chi connectivity index (χ2v) is 6.84. The first-order valence-corrected chi connectivity index (χ1v) is 9.04. The summed E-state index contributed by atoms with van der Waals surface area (Å²) in [6.07, 6.45) is 0.0146. The molecule has 7 nitrogen and oxygen atoms in total. The maximum atomic E-state index is 12.8. The van der Waals surface area contributed by atoms with E-state index in [1.807, 2.05) is 0 Å². The highest BCUT2D eigenvalue weighted by molar-refractivity contribution is 6.33. The van der Waals surface area contributed by atoms with Gasteiger partial charge in [0.1, 0.15) is 5.75 Å². The van der Waals surface area contributed by atoms with Crippen LogP contribution in [0.5, 0.6) is 5.75 Å². The molecular formula is C20H20ClN3O4. The lowest BCUT2D eigenvalue weighted by molar-refractivity contribution is -0.123. The lowest BCUT2D eigenvalue weighted by Gasteiger charge is -2.22. The number of anilines is 2. The Morgan fingerprint density at radius 2 is 1.89 bits per heavy atom. The van der Waals surface area contributed by atoms with E-state index in [9.17, 15) is 14.4 Å². The van der Waals surface area contributed by atoms with E-state index in [1.54, 1.807) is 67.6 Å². The van der Waals surface area contributed by atoms with Gasteiger partial charge in [-0.15, -0.1) is 0 Å². The number of hydrogen-bond donors (Lipinski definition) is 1. The third kappa shape index (κ3) is 4.16. The van der Waals surface area contributed by atoms with Gasteiger partial charge in [0.15, 0.2) is 0 Å². The maximum absolute atomic E-state index is 12.8. The van der Waals surface area contributed by atoms with E-state index in [1.165, 1.54) is 0 Å². The van der Waals surface area contributed by atoms with Crippen molar-refractivity contribution in [1.82, 2.24) is 4.90 Å². The van der Waals surface area contributed by atoms with Crippen molar-refractivity contribution in [2.45, 2.75) is 12.5 Å². The molecule has 1 aliphatic heterocycles. The van der Waals surface area contributed by atoms with Gasteiger partial charge in [-0.25, -0.2) is 4.90 Å². The van der Waals surface area contributed by atoms with Crippen LogP contribution in [0.15, 0.2) is 48.5 Å². The highest BCUT2D eigenvalue weighted by Gasteiger charge is 2.42. The SMILES string of the molecule is COc1ccc(N2C(=O)C[C@@H](N(C)CC(=O)Nc3ccccc3Cl)C2=O)cc1. The number of halogens is 1. The van der Waals surface area contributed by atoms with Crippen LogP contribution in [0.4, 0.5) is 11.4 Å². The zero-order valence-electron chi connectivity index (χ0n) is 15.5. The Balaban J connectivity index is 1.66. The molecule has 3 amide bonds. The molecule has 3 rings (SSSR count). The number of rotatable bonds is 6. The van der Waals surface area contributed by atoms with E-state index in [0.29, 0.717) is 22.1 Å². The van der Waals surface area contributed by atoms with Crippen LogP contribution in [-0.2, 0) is 14.4 Å². The largest absolute Gasteiger partial charge is 0.497 e. The smallest absolute Gasteiger partial charge is 0.251 e. The lowest BCUT2D eigenvalue weighted by atomic mass is 10.2. The first kappa shape index (κ1) is 19.9. The number of hydrogen-bond acceptors (Lipinski definition) is 5. The Hall–Kier alpha value is -2.90. The van der Waals surface area contributed by atoms with Gasteiger partial charge in [0.25, 0.3) is 5.91 Å². The minimum Gasteiger partial charge on any atom is -0.497 e. The van der Waals surface area contributed by atoms with Crippen LogP contribution in [0.25, 0.3) is 0 Å². The predicted molar refractivity (Wildman–Crippen MR) is 107 cm³/mol. The Bertz CT molecular complexity index is 901. The zero-order chi connectivity index (χ0) is 20.3. The minimum atomic E-state index is -0.702. The second kappa shape index (κ2) is 8.41. The van der Waals surface area contributed by atoms with E-state index in [0.717, 1.165) is 4.90 Å². The molecule has 2 aromatic rings. The van der Waals surface area contributed by atoms with E-state index in [2.05, 4.69) is 5.32 Å². The molecule has 8 heteroatoms. The minimum absolute atomic E-state index is 0.0146. The number of likely N-dealkylation sites (N-methyl/N-ethyl adjacent to an activating group) is 1. The summed E-state index contributed by atoms with van der Waals surface area (Å²) >= 11 is 6.04. The summed E-state index contributed by atoms with van der Waals surface area (Å²) < 4.78 is 5.10. The average Bonchev–Trinajstić information content (AvgIpc) is 2.98. The van der Waals surface area contributed by atoms with Gasteiger partial charge < -0.3 is 10.1 Å². The molecule has 146 valence electrons. The van der Waals surface area contributed by atoms with Gasteiger partial charge in [-0.1, -0.05) is 23.7 Å². The number of ether oxygens (including phenoxy) is 1. The number of para-hydroxylation sites is 1. The Morgan fingerprint density at radius 1 is 1.21 bits per heavy atom. The predicted octanol–water partition coefficient (Wildman–Crippen LogP) is 2.55. The normalized spacial score (nSPS) is 16.6. The van der Waals surface area contributed by atoms with Crippen LogP contribution >= 0.6 is 11.6 Å². The number of carbonyl (C=O) groups excluding carboxylic acids is 3. The van der Waals surface area contributed by atoms with E-state index in [4.69, 9.17) is 16.3 Å². The van der Waals surface area contributed by atoms with Crippen LogP contribution in [-0.4, -0.2) is 49.4 Å². The van der Waals surface area contributed by atoms with Crippen molar-refractivity contribution in [3.05, 3.63) is 53.6 Å². The molecule has 1 N–H and O–H groups in total. The fourth-order valence-electron chi connectivity index (χ4n) is 3.05. The molecule has 0 bridgehead atoms. The first-order valence-electron chi connectivity index (χ1n) is 8.66. The van der Waals surface area contributed by atoms with Crippen molar-refractivity contribution in [2.75, 3.05) is 30.9 Å². The summed E-state index contributed by atoms with van der Waals surface area (Å²) in [5, 5.41) is 3.14. The number of nitrogens with zero attached hydrogens (tertiary/aromatic N) is 2. The molecule has 1 saturated heterocycles. The average molecular weight is 402 g/mol. The molecule has 1 atom stereocenters. The third-order valence-electron chi connectivity index (χ3n) is 4.53. The quantitative estimate of drug-likeness (QED) is 0.752. The van der Waals surface area contributed by atoms with Crippen molar-refractivity contribution in [3.8, 4) is 5.75 Å². The van der Waals surface area contributed by atoms with Gasteiger partial charge in [-0.3, -0.25) is 19.3 Å². The van der Waals surface area contributed by atoms with Crippen LogP contribution in [0, 0.1) is 0 Å². The summed E-state index contributed by atoms with van der Waals surface area (Å²) in [7, 11) is 3.18. The number of carbonyl (C=O) groups is 3. The lowest BCUT2D eigenvalue weighted by Crippen LogP contribution is -2.43. The molecule has 0 unspecified atom stereocenters. The van der Waals surface area contributed by atoms with E-state index in [-0.39, 0.29) is 30.7 Å². The summed E-state index contributed by atoms with van der Waals surface area (Å²) in [6, 6.07) is 12.9. The van der Waals surface area contributed by atoms with E-state index < -0.39 is 6.04 Å². The summed E-state index contributed by atoms with van der Waals surface area (Å²) in [4.78, 5) is 40.2. The molecule has 1 heterocycles. The van der Waals surface area contributed by atoms with Gasteiger partial charge in [0.05, 0.1) is 42.5 Å². The molecule has 0 aliphatic carbocycles. The maximum Gasteiger partial charge on any atom is 0.251 e. The molecule has 0 aromatic heterocycles. The summed E-state index contributed by atoms with van der Waals surface area (Å²) in [6.45, 7) is -0.0502. The molecule has 2 aromatic carbocycles. The van der Waals surface area contributed by atoms with Crippen LogP contribution in [0.1, 0.15) is 6.42 Å². The van der Waals surface area contributed by atoms with Crippen molar-refractivity contribution in [1.29, 1.82) is 0 Å². The van der Waals surface area contributed by atoms with Gasteiger partial charge in [0.2, 0.25) is 11.8 Å². The third-order valence-corrected chi connectivity index (χ3v) is 4.86. The number of nitrogens with one attached hydrogen (secondary N) is 1. The van der Waals surface area contributed by atoms with Crippen LogP contribution in [0.2, 0.25) is 5.02 Å². The molecule has 0 saturated carbocycles. The Labute approximate surface area is 167 Å². The molecule has 0 spiro atoms. The van der Waals surface area contributed by atoms with Gasteiger partial charge in [-0.2, -0.15) is 0 Å². The standard InChI is InChI=1S/C20H20ClN3O4/c1-23(12-18(25)22-16-6-4-3-5-15(16)21)17-11-19(26)24(20(17)27)13-7-9-14(28-2)10-8-13/h3-10,17H,11-12H2,1-2H3,(H,22,25)/t17-/m1/s1. The molecule has 28 heavy (non-hydrogen) atoms. The van der Waals surface area contributed by atoms with Crippen molar-refractivity contribution >= 4 is 40.7 Å². The first-order chi connectivity index (χ1) is 13.4. The number of imide groups is 1. The van der Waals surface area contributed by atoms with Crippen molar-refractivity contribution in [3.63, 3.8) is 0 Å². The molecule has 1 fully saturated rings. The van der Waals surface area contributed by atoms with Crippen LogP contribution < -0.4 is 15.0 Å². The zero-order valence-corrected chi connectivity index (χ0v) is 16.3. The molecular weight excluding hydrogens is 382 g/mol. The highest BCUT2D eigenvalue weighted by Crippen LogP contribution is 2.27. The van der Waals surface area contributed by atoms with Crippen LogP contribution in [0.3, 0.4) is 0 Å². The number of amides is 3. The van der Waals surface area contributed by atoms with Crippen molar-refractivity contribution < 1.29 is 19.1 Å². The molecule has 1 aliphatic rings. The topological polar surface area (TPSA) is 79.0 Å². The monoisotopic (exact) mass is 401 g/mol. The molecule has 0 radical (unpaired) electrons. The van der Waals surface area contributed by atoms with Gasteiger partial charge in [-0.05, 0) is 43.4 Å². The van der Waals surface area contributed by atoms with Gasteiger partial charge >= 0.3 is 0 Å². The fraction of sp³-hybridized carbons (Fsp3) is 0.250.